The van der Waals surface area contributed by atoms with E-state index in [0.29, 0.717) is 25.9 Å². The van der Waals surface area contributed by atoms with Crippen LogP contribution in [0.5, 0.6) is 0 Å². The Kier molecular flexibility index (Phi) is 6.28. The molecule has 5 nitrogen and oxygen atoms in total. The summed E-state index contributed by atoms with van der Waals surface area (Å²) in [5.74, 6) is -0.345. The maximum absolute atomic E-state index is 12.3. The SMILES string of the molecule is O=C(OCc1ccccc1Br)C1CCN(C(=O)Nc2ccccc2)CC1. The zero-order chi connectivity index (χ0) is 18.4. The Morgan fingerprint density at radius 3 is 2.38 bits per heavy atom. The number of hydrogen-bond acceptors (Lipinski definition) is 3. The Balaban J connectivity index is 1.45. The van der Waals surface area contributed by atoms with Gasteiger partial charge in [-0.2, -0.15) is 0 Å². The van der Waals surface area contributed by atoms with E-state index in [1.165, 1.54) is 0 Å². The van der Waals surface area contributed by atoms with Crippen LogP contribution in [0.4, 0.5) is 10.5 Å². The Morgan fingerprint density at radius 2 is 1.69 bits per heavy atom. The molecule has 2 amide bonds. The van der Waals surface area contributed by atoms with Gasteiger partial charge in [0.15, 0.2) is 0 Å². The summed E-state index contributed by atoms with van der Waals surface area (Å²) < 4.78 is 6.38. The third-order valence-corrected chi connectivity index (χ3v) is 5.24. The van der Waals surface area contributed by atoms with E-state index in [2.05, 4.69) is 21.2 Å². The topological polar surface area (TPSA) is 58.6 Å². The van der Waals surface area contributed by atoms with Crippen molar-refractivity contribution >= 4 is 33.6 Å². The molecule has 0 atom stereocenters. The summed E-state index contributed by atoms with van der Waals surface area (Å²) in [6.45, 7) is 1.36. The van der Waals surface area contributed by atoms with E-state index in [1.54, 1.807) is 4.90 Å². The van der Waals surface area contributed by atoms with Crippen LogP contribution in [0, 0.1) is 5.92 Å². The molecule has 0 bridgehead atoms. The summed E-state index contributed by atoms with van der Waals surface area (Å²) in [5.41, 5.74) is 1.72. The van der Waals surface area contributed by atoms with Crippen molar-refractivity contribution < 1.29 is 14.3 Å². The van der Waals surface area contributed by atoms with E-state index in [1.807, 2.05) is 54.6 Å². The summed E-state index contributed by atoms with van der Waals surface area (Å²) in [6.07, 6.45) is 1.24. The van der Waals surface area contributed by atoms with Crippen LogP contribution in [-0.2, 0) is 16.1 Å². The van der Waals surface area contributed by atoms with Crippen molar-refractivity contribution in [1.29, 1.82) is 0 Å². The lowest BCUT2D eigenvalue weighted by Crippen LogP contribution is -2.42. The highest BCUT2D eigenvalue weighted by molar-refractivity contribution is 9.10. The van der Waals surface area contributed by atoms with Crippen LogP contribution in [0.2, 0.25) is 0 Å². The molecule has 0 aliphatic carbocycles. The molecule has 1 aliphatic rings. The number of esters is 1. The fourth-order valence-corrected chi connectivity index (χ4v) is 3.32. The standard InChI is InChI=1S/C20H21BrN2O3/c21-18-9-5-4-6-16(18)14-26-19(24)15-10-12-23(13-11-15)20(25)22-17-7-2-1-3-8-17/h1-9,15H,10-14H2,(H,22,25). The number of amides is 2. The van der Waals surface area contributed by atoms with Crippen LogP contribution in [0.15, 0.2) is 59.1 Å². The summed E-state index contributed by atoms with van der Waals surface area (Å²) >= 11 is 3.45. The average molecular weight is 417 g/mol. The first kappa shape index (κ1) is 18.5. The molecule has 1 heterocycles. The van der Waals surface area contributed by atoms with Gasteiger partial charge in [0.05, 0.1) is 5.92 Å². The molecule has 1 N–H and O–H groups in total. The van der Waals surface area contributed by atoms with Gasteiger partial charge in [-0.15, -0.1) is 0 Å². The number of likely N-dealkylation sites (tertiary alicyclic amines) is 1. The predicted molar refractivity (Wildman–Crippen MR) is 104 cm³/mol. The number of anilines is 1. The molecule has 6 heteroatoms. The van der Waals surface area contributed by atoms with Crippen LogP contribution in [0.25, 0.3) is 0 Å². The van der Waals surface area contributed by atoms with Gasteiger partial charge in [-0.3, -0.25) is 4.79 Å². The van der Waals surface area contributed by atoms with Crippen LogP contribution in [0.1, 0.15) is 18.4 Å². The Morgan fingerprint density at radius 1 is 1.04 bits per heavy atom. The zero-order valence-electron chi connectivity index (χ0n) is 14.4. The van der Waals surface area contributed by atoms with Gasteiger partial charge in [-0.05, 0) is 31.0 Å². The number of para-hydroxylation sites is 1. The molecule has 1 fully saturated rings. The molecule has 0 spiro atoms. The van der Waals surface area contributed by atoms with Gasteiger partial charge in [-0.1, -0.05) is 52.3 Å². The van der Waals surface area contributed by atoms with Crippen molar-refractivity contribution in [1.82, 2.24) is 4.90 Å². The molecule has 26 heavy (non-hydrogen) atoms. The van der Waals surface area contributed by atoms with Gasteiger partial charge in [0.1, 0.15) is 6.61 Å². The number of halogens is 1. The van der Waals surface area contributed by atoms with E-state index in [-0.39, 0.29) is 24.5 Å². The molecule has 1 saturated heterocycles. The fourth-order valence-electron chi connectivity index (χ4n) is 2.92. The highest BCUT2D eigenvalue weighted by atomic mass is 79.9. The van der Waals surface area contributed by atoms with Crippen LogP contribution in [-0.4, -0.2) is 30.0 Å². The highest BCUT2D eigenvalue weighted by Crippen LogP contribution is 2.22. The van der Waals surface area contributed by atoms with Gasteiger partial charge in [0, 0.05) is 28.8 Å². The maximum Gasteiger partial charge on any atom is 0.321 e. The smallest absolute Gasteiger partial charge is 0.321 e. The van der Waals surface area contributed by atoms with E-state index in [0.717, 1.165) is 15.7 Å². The first-order valence-corrected chi connectivity index (χ1v) is 9.44. The van der Waals surface area contributed by atoms with Gasteiger partial charge < -0.3 is 15.0 Å². The quantitative estimate of drug-likeness (QED) is 0.749. The Hall–Kier alpha value is -2.34. The number of nitrogens with zero attached hydrogens (tertiary/aromatic N) is 1. The Labute approximate surface area is 161 Å². The van der Waals surface area contributed by atoms with E-state index >= 15 is 0 Å². The molecule has 2 aromatic carbocycles. The molecule has 0 aromatic heterocycles. The molecule has 136 valence electrons. The maximum atomic E-state index is 12.3. The number of rotatable bonds is 4. The second-order valence-electron chi connectivity index (χ2n) is 6.26. The van der Waals surface area contributed by atoms with Crippen molar-refractivity contribution in [3.63, 3.8) is 0 Å². The number of ether oxygens (including phenoxy) is 1. The minimum absolute atomic E-state index is 0.128. The van der Waals surface area contributed by atoms with Gasteiger partial charge in [-0.25, -0.2) is 4.79 Å². The lowest BCUT2D eigenvalue weighted by atomic mass is 9.97. The first-order chi connectivity index (χ1) is 12.6. The van der Waals surface area contributed by atoms with Gasteiger partial charge in [0.25, 0.3) is 0 Å². The molecule has 0 saturated carbocycles. The first-order valence-electron chi connectivity index (χ1n) is 8.64. The third-order valence-electron chi connectivity index (χ3n) is 4.47. The second kappa shape index (κ2) is 8.85. The molecular weight excluding hydrogens is 396 g/mol. The van der Waals surface area contributed by atoms with E-state index in [4.69, 9.17) is 4.74 Å². The second-order valence-corrected chi connectivity index (χ2v) is 7.11. The Bertz CT molecular complexity index is 759. The number of piperidine rings is 1. The average Bonchev–Trinajstić information content (AvgIpc) is 2.68. The highest BCUT2D eigenvalue weighted by Gasteiger charge is 2.28. The normalized spacial score (nSPS) is 14.7. The van der Waals surface area contributed by atoms with Crippen LogP contribution >= 0.6 is 15.9 Å². The molecule has 0 unspecified atom stereocenters. The lowest BCUT2D eigenvalue weighted by molar-refractivity contribution is -0.151. The number of hydrogen-bond donors (Lipinski definition) is 1. The summed E-state index contributed by atoms with van der Waals surface area (Å²) in [7, 11) is 0. The minimum atomic E-state index is -0.191. The number of carbonyl (C=O) groups excluding carboxylic acids is 2. The van der Waals surface area contributed by atoms with Crippen molar-refractivity contribution in [3.8, 4) is 0 Å². The monoisotopic (exact) mass is 416 g/mol. The lowest BCUT2D eigenvalue weighted by Gasteiger charge is -2.31. The van der Waals surface area contributed by atoms with Crippen molar-refractivity contribution in [2.24, 2.45) is 5.92 Å². The minimum Gasteiger partial charge on any atom is -0.461 e. The number of carbonyl (C=O) groups is 2. The third kappa shape index (κ3) is 4.85. The molecule has 2 aromatic rings. The predicted octanol–water partition coefficient (Wildman–Crippen LogP) is 4.44. The van der Waals surface area contributed by atoms with Gasteiger partial charge in [0.2, 0.25) is 0 Å². The van der Waals surface area contributed by atoms with Crippen LogP contribution < -0.4 is 5.32 Å². The number of urea groups is 1. The zero-order valence-corrected chi connectivity index (χ0v) is 15.9. The van der Waals surface area contributed by atoms with E-state index < -0.39 is 0 Å². The van der Waals surface area contributed by atoms with Crippen molar-refractivity contribution in [2.45, 2.75) is 19.4 Å². The molecule has 0 radical (unpaired) electrons. The summed E-state index contributed by atoms with van der Waals surface area (Å²) in [6, 6.07) is 16.9. The largest absolute Gasteiger partial charge is 0.461 e. The number of benzene rings is 2. The van der Waals surface area contributed by atoms with Crippen LogP contribution in [0.3, 0.4) is 0 Å². The van der Waals surface area contributed by atoms with Gasteiger partial charge >= 0.3 is 12.0 Å². The fraction of sp³-hybridized carbons (Fsp3) is 0.300. The summed E-state index contributed by atoms with van der Waals surface area (Å²) in [4.78, 5) is 26.3. The summed E-state index contributed by atoms with van der Waals surface area (Å²) in [5, 5.41) is 2.87. The number of nitrogens with one attached hydrogen (secondary N) is 1. The van der Waals surface area contributed by atoms with Crippen molar-refractivity contribution in [2.75, 3.05) is 18.4 Å². The van der Waals surface area contributed by atoms with E-state index in [9.17, 15) is 9.59 Å². The van der Waals surface area contributed by atoms with Crippen molar-refractivity contribution in [3.05, 3.63) is 64.6 Å². The molecule has 3 rings (SSSR count). The molecule has 1 aliphatic heterocycles. The molecular formula is C20H21BrN2O3.